The zero-order valence-corrected chi connectivity index (χ0v) is 21.4. The molecule has 0 radical (unpaired) electrons. The summed E-state index contributed by atoms with van der Waals surface area (Å²) in [6, 6.07) is 19.6. The highest BCUT2D eigenvalue weighted by atomic mass is 35.5. The quantitative estimate of drug-likeness (QED) is 0.334. The summed E-state index contributed by atoms with van der Waals surface area (Å²) >= 11 is 12.5. The molecule has 3 aromatic heterocycles. The first-order valence-electron chi connectivity index (χ1n) is 11.0. The van der Waals surface area contributed by atoms with Crippen LogP contribution >= 0.6 is 23.2 Å². The third-order valence-electron chi connectivity index (χ3n) is 6.19. The van der Waals surface area contributed by atoms with Crippen molar-refractivity contribution in [2.75, 3.05) is 0 Å². The van der Waals surface area contributed by atoms with E-state index in [0.717, 1.165) is 18.6 Å². The van der Waals surface area contributed by atoms with Crippen LogP contribution in [0.2, 0.25) is 10.0 Å². The summed E-state index contributed by atoms with van der Waals surface area (Å²) in [4.78, 5) is 28.8. The summed E-state index contributed by atoms with van der Waals surface area (Å²) in [6.07, 6.45) is 0. The van der Waals surface area contributed by atoms with E-state index in [1.165, 1.54) is 19.2 Å². The van der Waals surface area contributed by atoms with E-state index in [1.807, 2.05) is 0 Å². The molecule has 0 aliphatic rings. The number of benzene rings is 3. The highest BCUT2D eigenvalue weighted by molar-refractivity contribution is 7.90. The van der Waals surface area contributed by atoms with Crippen molar-refractivity contribution in [3.63, 3.8) is 0 Å². The molecule has 0 fully saturated rings. The highest BCUT2D eigenvalue weighted by Crippen LogP contribution is 2.40. The van der Waals surface area contributed by atoms with Crippen molar-refractivity contribution >= 4 is 55.0 Å². The summed E-state index contributed by atoms with van der Waals surface area (Å²) in [5.41, 5.74) is 0.304. The Labute approximate surface area is 219 Å². The smallest absolute Gasteiger partial charge is 0.351 e. The Bertz CT molecular complexity index is 2080. The number of H-pyrrole nitrogens is 2. The first-order valence-corrected chi connectivity index (χ1v) is 13.2. The third kappa shape index (κ3) is 3.56. The average Bonchev–Trinajstić information content (AvgIpc) is 3.52. The maximum atomic E-state index is 14.1. The van der Waals surface area contributed by atoms with E-state index in [9.17, 15) is 18.0 Å². The minimum atomic E-state index is -4.19. The van der Waals surface area contributed by atoms with Gasteiger partial charge < -0.3 is 4.98 Å². The SMILES string of the molecule is Cn1c(=O)[nH]n(-c2c(-c3cc4cc(Cl)ccc4[nH]3)n(S(=O)(=O)c3ccccc3)c3ccc(Cl)cc23)c1=O. The lowest BCUT2D eigenvalue weighted by Crippen LogP contribution is -2.25. The van der Waals surface area contributed by atoms with Crippen molar-refractivity contribution in [3.05, 3.63) is 104 Å². The van der Waals surface area contributed by atoms with Crippen LogP contribution in [0.3, 0.4) is 0 Å². The summed E-state index contributed by atoms with van der Waals surface area (Å²) < 4.78 is 31.3. The van der Waals surface area contributed by atoms with Gasteiger partial charge in [0, 0.05) is 33.4 Å². The average molecular weight is 554 g/mol. The predicted molar refractivity (Wildman–Crippen MR) is 143 cm³/mol. The van der Waals surface area contributed by atoms with Gasteiger partial charge in [-0.3, -0.25) is 0 Å². The molecule has 6 aromatic rings. The molecule has 0 spiro atoms. The lowest BCUT2D eigenvalue weighted by molar-refractivity contribution is 0.589. The third-order valence-corrected chi connectivity index (χ3v) is 8.39. The van der Waals surface area contributed by atoms with Gasteiger partial charge in [0.05, 0.1) is 16.1 Å². The molecule has 6 rings (SSSR count). The molecule has 3 aromatic carbocycles. The second-order valence-corrected chi connectivity index (χ2v) is 11.1. The zero-order chi connectivity index (χ0) is 26.1. The van der Waals surface area contributed by atoms with E-state index < -0.39 is 21.4 Å². The fourth-order valence-corrected chi connectivity index (χ4v) is 6.38. The normalized spacial score (nSPS) is 12.1. The lowest BCUT2D eigenvalue weighted by Gasteiger charge is -2.12. The van der Waals surface area contributed by atoms with Gasteiger partial charge in [0.2, 0.25) is 0 Å². The number of nitrogens with zero attached hydrogens (tertiary/aromatic N) is 3. The Balaban J connectivity index is 1.84. The van der Waals surface area contributed by atoms with Crippen LogP contribution in [0.1, 0.15) is 0 Å². The molecule has 0 aliphatic carbocycles. The van der Waals surface area contributed by atoms with Crippen LogP contribution in [-0.4, -0.2) is 31.7 Å². The molecule has 0 amide bonds. The Morgan fingerprint density at radius 1 is 0.865 bits per heavy atom. The predicted octanol–water partition coefficient (Wildman–Crippen LogP) is 4.51. The second-order valence-electron chi connectivity index (χ2n) is 8.45. The fraction of sp³-hybridized carbons (Fsp3) is 0.0400. The molecule has 3 heterocycles. The number of fused-ring (bicyclic) bond motifs is 2. The Kier molecular flexibility index (Phi) is 5.23. The van der Waals surface area contributed by atoms with Crippen LogP contribution in [0.15, 0.2) is 87.3 Å². The van der Waals surface area contributed by atoms with Crippen LogP contribution in [0.4, 0.5) is 0 Å². The maximum Gasteiger partial charge on any atom is 0.351 e. The van der Waals surface area contributed by atoms with E-state index in [4.69, 9.17) is 23.2 Å². The summed E-state index contributed by atoms with van der Waals surface area (Å²) in [5, 5.41) is 4.43. The lowest BCUT2D eigenvalue weighted by atomic mass is 10.2. The molecule has 0 aliphatic heterocycles. The maximum absolute atomic E-state index is 14.1. The number of hydrogen-bond acceptors (Lipinski definition) is 4. The number of halogens is 2. The van der Waals surface area contributed by atoms with Crippen LogP contribution < -0.4 is 11.4 Å². The molecule has 0 unspecified atom stereocenters. The molecule has 2 N–H and O–H groups in total. The summed E-state index contributed by atoms with van der Waals surface area (Å²) in [7, 11) is -2.86. The number of aromatic amines is 2. The number of nitrogens with one attached hydrogen (secondary N) is 2. The van der Waals surface area contributed by atoms with E-state index in [2.05, 4.69) is 10.1 Å². The van der Waals surface area contributed by atoms with Crippen molar-refractivity contribution in [2.24, 2.45) is 7.05 Å². The first-order chi connectivity index (χ1) is 17.7. The van der Waals surface area contributed by atoms with Gasteiger partial charge >= 0.3 is 11.4 Å². The molecule has 0 saturated heterocycles. The monoisotopic (exact) mass is 553 g/mol. The standard InChI is InChI=1S/C25H17Cl2N5O4S/c1-30-24(33)29-31(25(30)34)22-18-13-16(27)8-10-21(18)32(37(35,36)17-5-3-2-4-6-17)23(22)20-12-14-11-15(26)7-9-19(14)28-20/h2-13,28H,1H3,(H,29,33). The Morgan fingerprint density at radius 2 is 1.57 bits per heavy atom. The molecule has 0 bridgehead atoms. The molecule has 37 heavy (non-hydrogen) atoms. The van der Waals surface area contributed by atoms with Crippen LogP contribution in [0.25, 0.3) is 38.9 Å². The van der Waals surface area contributed by atoms with E-state index in [0.29, 0.717) is 26.6 Å². The minimum absolute atomic E-state index is 0.0442. The van der Waals surface area contributed by atoms with Crippen molar-refractivity contribution in [2.45, 2.75) is 4.90 Å². The first kappa shape index (κ1) is 23.4. The molecule has 0 atom stereocenters. The van der Waals surface area contributed by atoms with E-state index in [1.54, 1.807) is 60.7 Å². The molecule has 186 valence electrons. The topological polar surface area (TPSA) is 115 Å². The largest absolute Gasteiger partial charge is 0.353 e. The number of aromatic nitrogens is 5. The van der Waals surface area contributed by atoms with Gasteiger partial charge in [-0.25, -0.2) is 31.6 Å². The van der Waals surface area contributed by atoms with Crippen LogP contribution in [0.5, 0.6) is 0 Å². The van der Waals surface area contributed by atoms with Gasteiger partial charge in [0.15, 0.2) is 0 Å². The highest BCUT2D eigenvalue weighted by Gasteiger charge is 2.31. The van der Waals surface area contributed by atoms with E-state index in [-0.39, 0.29) is 21.8 Å². The summed E-state index contributed by atoms with van der Waals surface area (Å²) in [6.45, 7) is 0. The number of hydrogen-bond donors (Lipinski definition) is 2. The van der Waals surface area contributed by atoms with Crippen molar-refractivity contribution in [1.82, 2.24) is 23.3 Å². The Morgan fingerprint density at radius 3 is 2.27 bits per heavy atom. The van der Waals surface area contributed by atoms with Gasteiger partial charge in [-0.15, -0.1) is 0 Å². The second kappa shape index (κ2) is 8.27. The Hall–Kier alpha value is -3.99. The molecule has 12 heteroatoms. The van der Waals surface area contributed by atoms with Gasteiger partial charge in [-0.1, -0.05) is 41.4 Å². The van der Waals surface area contributed by atoms with Gasteiger partial charge in [0.1, 0.15) is 11.4 Å². The molecular weight excluding hydrogens is 537 g/mol. The minimum Gasteiger partial charge on any atom is -0.353 e. The van der Waals surface area contributed by atoms with Crippen molar-refractivity contribution in [1.29, 1.82) is 0 Å². The van der Waals surface area contributed by atoms with E-state index >= 15 is 0 Å². The van der Waals surface area contributed by atoms with Crippen LogP contribution in [0, 0.1) is 0 Å². The molecular formula is C25H17Cl2N5O4S. The van der Waals surface area contributed by atoms with Crippen molar-refractivity contribution < 1.29 is 8.42 Å². The van der Waals surface area contributed by atoms with Gasteiger partial charge in [0.25, 0.3) is 10.0 Å². The summed E-state index contributed by atoms with van der Waals surface area (Å²) in [5.74, 6) is 0. The van der Waals surface area contributed by atoms with Crippen molar-refractivity contribution in [3.8, 4) is 17.1 Å². The number of rotatable bonds is 4. The zero-order valence-electron chi connectivity index (χ0n) is 19.1. The van der Waals surface area contributed by atoms with Gasteiger partial charge in [-0.2, -0.15) is 4.68 Å². The molecule has 9 nitrogen and oxygen atoms in total. The van der Waals surface area contributed by atoms with Gasteiger partial charge in [-0.05, 0) is 54.6 Å². The fourth-order valence-electron chi connectivity index (χ4n) is 4.47. The molecule has 0 saturated carbocycles. The van der Waals surface area contributed by atoms with Crippen LogP contribution in [-0.2, 0) is 17.1 Å².